The van der Waals surface area contributed by atoms with E-state index < -0.39 is 7.26 Å². The first kappa shape index (κ1) is 37.3. The molecule has 0 bridgehead atoms. The summed E-state index contributed by atoms with van der Waals surface area (Å²) in [5.41, 5.74) is 0. The minimum absolute atomic E-state index is 0. The minimum Gasteiger partial charge on any atom is -1.00 e. The SMILES string of the molecule is CC[P+](c1ccccc1)(c1ccccc1)c1ccccc1.[F-].[F-].[F-].[F-].[F-].[F-].[Sb+5]. The van der Waals surface area contributed by atoms with Crippen molar-refractivity contribution in [3.8, 4) is 0 Å². The van der Waals surface area contributed by atoms with Crippen LogP contribution in [0.1, 0.15) is 6.92 Å². The van der Waals surface area contributed by atoms with Crippen LogP contribution in [0, 0.1) is 0 Å². The molecule has 3 aromatic carbocycles. The van der Waals surface area contributed by atoms with Crippen LogP contribution in [0.3, 0.4) is 0 Å². The molecular formula is C20H20F6PSb. The van der Waals surface area contributed by atoms with Crippen LogP contribution in [0.15, 0.2) is 91.0 Å². The molecule has 0 aliphatic heterocycles. The Kier molecular flexibility index (Phi) is 23.4. The topological polar surface area (TPSA) is 0 Å². The van der Waals surface area contributed by atoms with Crippen molar-refractivity contribution >= 4 is 47.6 Å². The second-order valence-electron chi connectivity index (χ2n) is 5.13. The second-order valence-corrected chi connectivity index (χ2v) is 8.93. The van der Waals surface area contributed by atoms with Crippen LogP contribution in [-0.2, 0) is 0 Å². The largest absolute Gasteiger partial charge is 5.00 e. The van der Waals surface area contributed by atoms with Crippen LogP contribution in [-0.4, -0.2) is 30.6 Å². The monoisotopic (exact) mass is 526 g/mol. The number of rotatable bonds is 4. The zero-order chi connectivity index (χ0) is 14.5. The zero-order valence-corrected chi connectivity index (χ0v) is 18.5. The molecule has 0 saturated carbocycles. The van der Waals surface area contributed by atoms with Crippen molar-refractivity contribution in [1.82, 2.24) is 0 Å². The van der Waals surface area contributed by atoms with Crippen LogP contribution in [0.25, 0.3) is 0 Å². The molecular weight excluding hydrogens is 507 g/mol. The third-order valence-corrected chi connectivity index (χ3v) is 8.55. The van der Waals surface area contributed by atoms with Crippen molar-refractivity contribution in [2.45, 2.75) is 6.92 Å². The molecule has 0 aromatic heterocycles. The van der Waals surface area contributed by atoms with Crippen molar-refractivity contribution in [3.63, 3.8) is 0 Å². The Balaban J connectivity index is -0.000000252. The van der Waals surface area contributed by atoms with Gasteiger partial charge in [0.15, 0.2) is 0 Å². The van der Waals surface area contributed by atoms with Gasteiger partial charge in [-0.05, 0) is 43.3 Å². The van der Waals surface area contributed by atoms with Crippen LogP contribution in [0.5, 0.6) is 0 Å². The summed E-state index contributed by atoms with van der Waals surface area (Å²) in [6.45, 7) is 2.32. The van der Waals surface area contributed by atoms with Gasteiger partial charge in [-0.25, -0.2) is 0 Å². The normalized spacial score (nSPS) is 8.46. The third-order valence-electron chi connectivity index (χ3n) is 4.07. The Morgan fingerprint density at radius 1 is 0.464 bits per heavy atom. The summed E-state index contributed by atoms with van der Waals surface area (Å²) in [7, 11) is -1.53. The molecule has 0 N–H and O–H groups in total. The van der Waals surface area contributed by atoms with Gasteiger partial charge in [0.1, 0.15) is 23.2 Å². The van der Waals surface area contributed by atoms with E-state index in [1.54, 1.807) is 0 Å². The van der Waals surface area contributed by atoms with Gasteiger partial charge >= 0.3 is 24.4 Å². The summed E-state index contributed by atoms with van der Waals surface area (Å²) in [6, 6.07) is 33.0. The van der Waals surface area contributed by atoms with Gasteiger partial charge in [-0.1, -0.05) is 54.6 Å². The van der Waals surface area contributed by atoms with Crippen molar-refractivity contribution < 1.29 is 28.2 Å². The quantitative estimate of drug-likeness (QED) is 0.180. The number of hydrogen-bond donors (Lipinski definition) is 0. The predicted molar refractivity (Wildman–Crippen MR) is 101 cm³/mol. The molecule has 3 aromatic rings. The molecule has 0 atom stereocenters. The first-order valence-electron chi connectivity index (χ1n) is 7.43. The zero-order valence-electron chi connectivity index (χ0n) is 15.0. The van der Waals surface area contributed by atoms with Crippen molar-refractivity contribution in [2.75, 3.05) is 6.16 Å². The number of halogens is 6. The molecule has 0 unspecified atom stereocenters. The molecule has 28 heavy (non-hydrogen) atoms. The molecule has 0 aliphatic rings. The first-order valence-corrected chi connectivity index (χ1v) is 9.40. The average Bonchev–Trinajstić information content (AvgIpc) is 2.59. The molecule has 0 nitrogen and oxygen atoms in total. The Labute approximate surface area is 179 Å². The Morgan fingerprint density at radius 3 is 0.857 bits per heavy atom. The fraction of sp³-hybridized carbons (Fsp3) is 0.100. The number of hydrogen-bond acceptors (Lipinski definition) is 0. The summed E-state index contributed by atoms with van der Waals surface area (Å²) >= 11 is 0. The second kappa shape index (κ2) is 17.6. The van der Waals surface area contributed by atoms with E-state index in [1.807, 2.05) is 0 Å². The standard InChI is InChI=1S/C20H20P.6FH.Sb/c1-2-21(18-12-6-3-7-13-18,19-14-8-4-9-15-19)20-16-10-5-11-17-20;;;;;;;/h3-17H,2H2,1H3;6*1H;/q+1;;;;;;;+5/p-6. The van der Waals surface area contributed by atoms with E-state index in [-0.39, 0.29) is 52.7 Å². The van der Waals surface area contributed by atoms with Gasteiger partial charge in [-0.15, -0.1) is 0 Å². The van der Waals surface area contributed by atoms with E-state index >= 15 is 0 Å². The molecule has 0 spiro atoms. The molecule has 8 heteroatoms. The molecule has 0 aliphatic carbocycles. The van der Waals surface area contributed by atoms with Crippen molar-refractivity contribution in [1.29, 1.82) is 0 Å². The van der Waals surface area contributed by atoms with Gasteiger partial charge < -0.3 is 28.2 Å². The van der Waals surface area contributed by atoms with Gasteiger partial charge in [-0.2, -0.15) is 0 Å². The minimum atomic E-state index is -1.53. The van der Waals surface area contributed by atoms with Gasteiger partial charge in [0, 0.05) is 0 Å². The Morgan fingerprint density at radius 2 is 0.679 bits per heavy atom. The maximum Gasteiger partial charge on any atom is 5.00 e. The van der Waals surface area contributed by atoms with Gasteiger partial charge in [0.05, 0.1) is 6.16 Å². The smallest absolute Gasteiger partial charge is 1.00 e. The fourth-order valence-corrected chi connectivity index (χ4v) is 7.08. The molecule has 0 radical (unpaired) electrons. The van der Waals surface area contributed by atoms with E-state index in [4.69, 9.17) is 0 Å². The van der Waals surface area contributed by atoms with Gasteiger partial charge in [0.25, 0.3) is 0 Å². The van der Waals surface area contributed by atoms with E-state index in [2.05, 4.69) is 97.9 Å². The summed E-state index contributed by atoms with van der Waals surface area (Å²) in [5.74, 6) is 0. The maximum absolute atomic E-state index is 2.32. The van der Waals surface area contributed by atoms with Gasteiger partial charge in [-0.3, -0.25) is 0 Å². The maximum atomic E-state index is 2.32. The molecule has 0 heterocycles. The van der Waals surface area contributed by atoms with E-state index in [0.717, 1.165) is 6.16 Å². The van der Waals surface area contributed by atoms with E-state index in [1.165, 1.54) is 15.9 Å². The summed E-state index contributed by atoms with van der Waals surface area (Å²) < 4.78 is 0. The summed E-state index contributed by atoms with van der Waals surface area (Å²) in [5, 5.41) is 4.39. The predicted octanol–water partition coefficient (Wildman–Crippen LogP) is -14.4. The van der Waals surface area contributed by atoms with Crippen molar-refractivity contribution in [2.24, 2.45) is 0 Å². The average molecular weight is 527 g/mol. The summed E-state index contributed by atoms with van der Waals surface area (Å²) in [6.07, 6.45) is 1.14. The van der Waals surface area contributed by atoms with Crippen LogP contribution in [0.2, 0.25) is 0 Å². The van der Waals surface area contributed by atoms with Crippen LogP contribution >= 0.6 is 7.26 Å². The Bertz CT molecular complexity index is 605. The molecule has 0 fully saturated rings. The first-order chi connectivity index (χ1) is 10.4. The van der Waals surface area contributed by atoms with Gasteiger partial charge in [0.2, 0.25) is 0 Å². The molecule has 0 saturated heterocycles. The fourth-order valence-electron chi connectivity index (χ4n) is 3.04. The third kappa shape index (κ3) is 7.14. The van der Waals surface area contributed by atoms with Crippen LogP contribution < -0.4 is 44.1 Å². The van der Waals surface area contributed by atoms with E-state index in [0.29, 0.717) is 0 Å². The Hall–Kier alpha value is -1.51. The van der Waals surface area contributed by atoms with Crippen LogP contribution in [0.4, 0.5) is 0 Å². The number of benzene rings is 3. The summed E-state index contributed by atoms with van der Waals surface area (Å²) in [4.78, 5) is 0. The van der Waals surface area contributed by atoms with Crippen molar-refractivity contribution in [3.05, 3.63) is 91.0 Å². The molecule has 152 valence electrons. The van der Waals surface area contributed by atoms with E-state index in [9.17, 15) is 0 Å². The molecule has 3 rings (SSSR count). The molecule has 0 amide bonds.